The van der Waals surface area contributed by atoms with Crippen LogP contribution in [0, 0.1) is 0 Å². The molecule has 2 unspecified atom stereocenters. The molecule has 10 heteroatoms. The summed E-state index contributed by atoms with van der Waals surface area (Å²) in [5, 5.41) is 0. The predicted molar refractivity (Wildman–Crippen MR) is 136 cm³/mol. The van der Waals surface area contributed by atoms with Crippen LogP contribution in [0.1, 0.15) is 24.5 Å². The van der Waals surface area contributed by atoms with Gasteiger partial charge in [0.05, 0.1) is 38.4 Å². The summed E-state index contributed by atoms with van der Waals surface area (Å²) in [5.41, 5.74) is 1.13. The van der Waals surface area contributed by atoms with Crippen LogP contribution >= 0.6 is 0 Å². The summed E-state index contributed by atoms with van der Waals surface area (Å²) in [5.74, 6) is -2.48. The van der Waals surface area contributed by atoms with Crippen molar-refractivity contribution in [2.75, 3.05) is 26.2 Å². The number of hydrogen-bond acceptors (Lipinski definition) is 9. The molecule has 0 bridgehead atoms. The van der Waals surface area contributed by atoms with E-state index in [1.807, 2.05) is 59.5 Å². The molecule has 3 heterocycles. The van der Waals surface area contributed by atoms with Gasteiger partial charge in [-0.15, -0.1) is 0 Å². The molecule has 5 rings (SSSR count). The standard InChI is InChI=1S/C28H27N3O7/c1-16(32)31-20(24(33)36-2)14-28-18-12-8-9-13-19(18)30(15-17-10-6-5-7-11-17)23(28)21(25(34)37-3)22(26(35)38-4)29-27(28)31/h5-13,20,23H,14-15H2,1-4H3/t20?,23?,28-/m0/s1. The fourth-order valence-corrected chi connectivity index (χ4v) is 6.04. The van der Waals surface area contributed by atoms with Crippen molar-refractivity contribution in [3.63, 3.8) is 0 Å². The third-order valence-electron chi connectivity index (χ3n) is 7.47. The molecule has 0 aliphatic carbocycles. The summed E-state index contributed by atoms with van der Waals surface area (Å²) in [6.45, 7) is 1.70. The first kappa shape index (κ1) is 25.2. The van der Waals surface area contributed by atoms with Gasteiger partial charge in [0.2, 0.25) is 5.91 Å². The number of amides is 1. The van der Waals surface area contributed by atoms with E-state index in [-0.39, 0.29) is 23.5 Å². The van der Waals surface area contributed by atoms with Crippen molar-refractivity contribution in [1.29, 1.82) is 0 Å². The van der Waals surface area contributed by atoms with Crippen molar-refractivity contribution in [2.24, 2.45) is 4.99 Å². The van der Waals surface area contributed by atoms with Gasteiger partial charge in [0.15, 0.2) is 5.70 Å². The van der Waals surface area contributed by atoms with Gasteiger partial charge in [-0.05, 0) is 23.6 Å². The maximum Gasteiger partial charge on any atom is 0.357 e. The van der Waals surface area contributed by atoms with Gasteiger partial charge >= 0.3 is 17.9 Å². The topological polar surface area (TPSA) is 115 Å². The van der Waals surface area contributed by atoms with Crippen molar-refractivity contribution in [1.82, 2.24) is 4.90 Å². The van der Waals surface area contributed by atoms with Gasteiger partial charge in [-0.1, -0.05) is 48.5 Å². The number of benzene rings is 2. The Bertz CT molecular complexity index is 1400. The van der Waals surface area contributed by atoms with Crippen molar-refractivity contribution in [3.8, 4) is 0 Å². The van der Waals surface area contributed by atoms with E-state index in [1.54, 1.807) is 0 Å². The molecule has 3 aliphatic rings. The Balaban J connectivity index is 1.85. The molecular weight excluding hydrogens is 490 g/mol. The van der Waals surface area contributed by atoms with Crippen LogP contribution in [-0.2, 0) is 45.3 Å². The number of esters is 3. The van der Waals surface area contributed by atoms with Crippen LogP contribution in [0.25, 0.3) is 0 Å². The highest BCUT2D eigenvalue weighted by molar-refractivity contribution is 6.17. The summed E-state index contributed by atoms with van der Waals surface area (Å²) < 4.78 is 15.2. The number of nitrogens with zero attached hydrogens (tertiary/aromatic N) is 3. The summed E-state index contributed by atoms with van der Waals surface area (Å²) in [6.07, 6.45) is 0.0972. The van der Waals surface area contributed by atoms with Crippen LogP contribution in [0.3, 0.4) is 0 Å². The van der Waals surface area contributed by atoms with Gasteiger partial charge in [0.25, 0.3) is 0 Å². The highest BCUT2D eigenvalue weighted by atomic mass is 16.5. The van der Waals surface area contributed by atoms with E-state index < -0.39 is 41.3 Å². The Morgan fingerprint density at radius 3 is 2.21 bits per heavy atom. The van der Waals surface area contributed by atoms with Gasteiger partial charge in [-0.3, -0.25) is 9.69 Å². The van der Waals surface area contributed by atoms with Crippen LogP contribution in [-0.4, -0.2) is 68.0 Å². The maximum atomic E-state index is 13.4. The van der Waals surface area contributed by atoms with Crippen molar-refractivity contribution in [2.45, 2.75) is 37.4 Å². The largest absolute Gasteiger partial charge is 0.467 e. The van der Waals surface area contributed by atoms with Crippen LogP contribution in [0.4, 0.5) is 5.69 Å². The van der Waals surface area contributed by atoms with Gasteiger partial charge < -0.3 is 19.1 Å². The number of likely N-dealkylation sites (tertiary alicyclic amines) is 1. The Hall–Kier alpha value is -4.47. The molecule has 0 radical (unpaired) electrons. The molecule has 38 heavy (non-hydrogen) atoms. The van der Waals surface area contributed by atoms with Crippen molar-refractivity contribution in [3.05, 3.63) is 77.0 Å². The molecule has 1 amide bonds. The molecule has 3 aliphatic heterocycles. The van der Waals surface area contributed by atoms with Gasteiger partial charge in [0.1, 0.15) is 11.9 Å². The minimum absolute atomic E-state index is 0.00393. The lowest BCUT2D eigenvalue weighted by molar-refractivity contribution is -0.148. The molecule has 10 nitrogen and oxygen atoms in total. The second-order valence-corrected chi connectivity index (χ2v) is 9.32. The fourth-order valence-electron chi connectivity index (χ4n) is 6.04. The Kier molecular flexibility index (Phi) is 6.26. The number of ether oxygens (including phenoxy) is 3. The lowest BCUT2D eigenvalue weighted by atomic mass is 9.69. The predicted octanol–water partition coefficient (Wildman–Crippen LogP) is 2.12. The van der Waals surface area contributed by atoms with E-state index >= 15 is 0 Å². The molecule has 1 fully saturated rings. The second-order valence-electron chi connectivity index (χ2n) is 9.32. The van der Waals surface area contributed by atoms with E-state index in [0.29, 0.717) is 6.54 Å². The first-order valence-electron chi connectivity index (χ1n) is 12.1. The van der Waals surface area contributed by atoms with Crippen molar-refractivity contribution < 1.29 is 33.4 Å². The van der Waals surface area contributed by atoms with E-state index in [2.05, 4.69) is 4.99 Å². The SMILES string of the molecule is COC(=O)C1=C(C(=O)OC)C2N(Cc3ccccc3)c3ccccc3[C@@]23CC(C(=O)OC)N(C(C)=O)C3=N1. The van der Waals surface area contributed by atoms with Gasteiger partial charge in [-0.2, -0.15) is 0 Å². The Morgan fingerprint density at radius 1 is 0.921 bits per heavy atom. The first-order chi connectivity index (χ1) is 18.3. The van der Waals surface area contributed by atoms with Gasteiger partial charge in [0, 0.05) is 19.2 Å². The monoisotopic (exact) mass is 517 g/mol. The molecule has 1 spiro atoms. The average molecular weight is 518 g/mol. The average Bonchev–Trinajstić information content (AvgIpc) is 3.43. The fraction of sp³-hybridized carbons (Fsp3) is 0.321. The molecule has 0 aromatic heterocycles. The summed E-state index contributed by atoms with van der Waals surface area (Å²) in [7, 11) is 3.67. The summed E-state index contributed by atoms with van der Waals surface area (Å²) >= 11 is 0. The first-order valence-corrected chi connectivity index (χ1v) is 12.1. The van der Waals surface area contributed by atoms with Crippen LogP contribution in [0.5, 0.6) is 0 Å². The highest BCUT2D eigenvalue weighted by Gasteiger charge is 2.67. The van der Waals surface area contributed by atoms with E-state index in [9.17, 15) is 19.2 Å². The van der Waals surface area contributed by atoms with Gasteiger partial charge in [-0.25, -0.2) is 19.4 Å². The third kappa shape index (κ3) is 3.51. The molecule has 3 atom stereocenters. The van der Waals surface area contributed by atoms with Crippen LogP contribution < -0.4 is 4.90 Å². The number of methoxy groups -OCH3 is 3. The third-order valence-corrected chi connectivity index (χ3v) is 7.47. The number of rotatable bonds is 5. The zero-order chi connectivity index (χ0) is 27.2. The molecule has 2 aromatic carbocycles. The smallest absolute Gasteiger partial charge is 0.357 e. The molecular formula is C28H27N3O7. The number of hydrogen-bond donors (Lipinski definition) is 0. The van der Waals surface area contributed by atoms with Crippen LogP contribution in [0.15, 0.2) is 70.9 Å². The number of para-hydroxylation sites is 1. The van der Waals surface area contributed by atoms with E-state index in [0.717, 1.165) is 16.8 Å². The normalized spacial score (nSPS) is 23.2. The summed E-state index contributed by atoms with van der Waals surface area (Å²) in [4.78, 5) is 60.4. The molecule has 196 valence electrons. The number of carbonyl (C=O) groups excluding carboxylic acids is 4. The Morgan fingerprint density at radius 2 is 1.58 bits per heavy atom. The zero-order valence-electron chi connectivity index (χ0n) is 21.5. The number of amidine groups is 1. The minimum atomic E-state index is -1.13. The number of aliphatic imine (C=N–C) groups is 1. The number of anilines is 1. The lowest BCUT2D eigenvalue weighted by Gasteiger charge is -2.40. The Labute approximate surface area is 219 Å². The van der Waals surface area contributed by atoms with E-state index in [1.165, 1.54) is 33.2 Å². The van der Waals surface area contributed by atoms with Crippen LogP contribution in [0.2, 0.25) is 0 Å². The molecule has 0 saturated carbocycles. The zero-order valence-corrected chi connectivity index (χ0v) is 21.5. The maximum absolute atomic E-state index is 13.4. The second kappa shape index (κ2) is 9.44. The highest BCUT2D eigenvalue weighted by Crippen LogP contribution is 2.58. The molecule has 1 saturated heterocycles. The van der Waals surface area contributed by atoms with E-state index in [4.69, 9.17) is 14.2 Å². The molecule has 0 N–H and O–H groups in total. The molecule has 2 aromatic rings. The minimum Gasteiger partial charge on any atom is -0.467 e. The lowest BCUT2D eigenvalue weighted by Crippen LogP contribution is -2.55. The number of fused-ring (bicyclic) bond motifs is 1. The van der Waals surface area contributed by atoms with Crippen molar-refractivity contribution >= 4 is 35.3 Å². The summed E-state index contributed by atoms with van der Waals surface area (Å²) in [6, 6.07) is 15.4. The number of carbonyl (C=O) groups is 4. The quantitative estimate of drug-likeness (QED) is 0.438.